The van der Waals surface area contributed by atoms with Crippen molar-refractivity contribution < 1.29 is 4.79 Å². The van der Waals surface area contributed by atoms with Crippen molar-refractivity contribution in [1.82, 2.24) is 9.80 Å². The summed E-state index contributed by atoms with van der Waals surface area (Å²) in [6.07, 6.45) is 0.611. The van der Waals surface area contributed by atoms with Crippen molar-refractivity contribution >= 4 is 5.91 Å². The third-order valence-corrected chi connectivity index (χ3v) is 1.27. The maximum Gasteiger partial charge on any atom is 0.223 e. The van der Waals surface area contributed by atoms with Crippen LogP contribution in [0.3, 0.4) is 0 Å². The molecule has 10 heavy (non-hydrogen) atoms. The highest BCUT2D eigenvalue weighted by atomic mass is 16.2. The van der Waals surface area contributed by atoms with Crippen LogP contribution in [-0.2, 0) is 4.79 Å². The predicted molar refractivity (Wildman–Crippen MR) is 41.9 cm³/mol. The van der Waals surface area contributed by atoms with Crippen molar-refractivity contribution in [3.8, 4) is 0 Å². The molecule has 1 amide bonds. The molecule has 0 unspecified atom stereocenters. The van der Waals surface area contributed by atoms with Gasteiger partial charge in [-0.15, -0.1) is 0 Å². The fraction of sp³-hybridized carbons (Fsp3) is 0.857. The summed E-state index contributed by atoms with van der Waals surface area (Å²) in [5.41, 5.74) is 0. The van der Waals surface area contributed by atoms with Crippen molar-refractivity contribution in [3.63, 3.8) is 0 Å². The number of carbonyl (C=O) groups is 1. The largest absolute Gasteiger partial charge is 0.349 e. The van der Waals surface area contributed by atoms with Gasteiger partial charge in [0.15, 0.2) is 0 Å². The second-order valence-corrected chi connectivity index (χ2v) is 2.84. The van der Waals surface area contributed by atoms with Gasteiger partial charge in [0.25, 0.3) is 0 Å². The Labute approximate surface area is 62.6 Å². The summed E-state index contributed by atoms with van der Waals surface area (Å²) < 4.78 is 0. The minimum absolute atomic E-state index is 0.189. The van der Waals surface area contributed by atoms with E-state index in [1.807, 2.05) is 19.0 Å². The van der Waals surface area contributed by atoms with Gasteiger partial charge in [0.05, 0.1) is 0 Å². The normalized spacial score (nSPS) is 10.1. The van der Waals surface area contributed by atoms with E-state index in [1.165, 1.54) is 0 Å². The Morgan fingerprint density at radius 2 is 1.70 bits per heavy atom. The lowest BCUT2D eigenvalue weighted by atomic mass is 10.4. The second-order valence-electron chi connectivity index (χ2n) is 2.84. The van der Waals surface area contributed by atoms with E-state index in [0.717, 1.165) is 6.54 Å². The molecule has 0 fully saturated rings. The first-order valence-electron chi connectivity index (χ1n) is 3.39. The zero-order valence-electron chi connectivity index (χ0n) is 7.22. The molecule has 0 aliphatic carbocycles. The van der Waals surface area contributed by atoms with Crippen molar-refractivity contribution in [2.24, 2.45) is 0 Å². The van der Waals surface area contributed by atoms with Crippen LogP contribution in [0.5, 0.6) is 0 Å². The molecule has 0 radical (unpaired) electrons. The third kappa shape index (κ3) is 4.32. The van der Waals surface area contributed by atoms with Gasteiger partial charge in [0.1, 0.15) is 0 Å². The Morgan fingerprint density at radius 3 is 2.00 bits per heavy atom. The maximum atomic E-state index is 10.9. The van der Waals surface area contributed by atoms with Crippen LogP contribution >= 0.6 is 0 Å². The molecular formula is C7H16N2O. The lowest BCUT2D eigenvalue weighted by molar-refractivity contribution is -0.128. The monoisotopic (exact) mass is 144 g/mol. The average Bonchev–Trinajstić information content (AvgIpc) is 1.82. The van der Waals surface area contributed by atoms with Gasteiger partial charge in [-0.3, -0.25) is 4.79 Å². The lowest BCUT2D eigenvalue weighted by Gasteiger charge is -2.12. The summed E-state index contributed by atoms with van der Waals surface area (Å²) in [6, 6.07) is 0. The predicted octanol–water partition coefficient (Wildman–Crippen LogP) is 0.0263. The molecule has 0 heterocycles. The first-order valence-corrected chi connectivity index (χ1v) is 3.39. The molecule has 0 atom stereocenters. The number of hydrogen-bond acceptors (Lipinski definition) is 2. The number of hydrogen-bond donors (Lipinski definition) is 0. The van der Waals surface area contributed by atoms with Crippen LogP contribution in [0.25, 0.3) is 0 Å². The molecule has 0 aliphatic rings. The van der Waals surface area contributed by atoms with E-state index in [9.17, 15) is 4.79 Å². The summed E-state index contributed by atoms with van der Waals surface area (Å²) in [5.74, 6) is 0.189. The molecule has 0 aromatic heterocycles. The molecule has 3 heteroatoms. The number of rotatable bonds is 3. The maximum absolute atomic E-state index is 10.9. The van der Waals surface area contributed by atoms with Crippen LogP contribution in [0, 0.1) is 0 Å². The molecule has 0 N–H and O–H groups in total. The Hall–Kier alpha value is -0.570. The standard InChI is InChI=1S/C7H16N2O/c1-8(2)6-5-7(10)9(3)4/h5-6H2,1-4H3. The van der Waals surface area contributed by atoms with Gasteiger partial charge in [0.2, 0.25) is 5.91 Å². The van der Waals surface area contributed by atoms with Crippen molar-refractivity contribution in [2.45, 2.75) is 6.42 Å². The molecule has 0 saturated carbocycles. The van der Waals surface area contributed by atoms with Crippen LogP contribution in [0.2, 0.25) is 0 Å². The topological polar surface area (TPSA) is 23.6 Å². The van der Waals surface area contributed by atoms with E-state index < -0.39 is 0 Å². The number of carbonyl (C=O) groups excluding carboxylic acids is 1. The molecule has 0 aliphatic heterocycles. The van der Waals surface area contributed by atoms with E-state index in [-0.39, 0.29) is 5.91 Å². The van der Waals surface area contributed by atoms with Crippen LogP contribution < -0.4 is 0 Å². The summed E-state index contributed by atoms with van der Waals surface area (Å²) in [5, 5.41) is 0. The summed E-state index contributed by atoms with van der Waals surface area (Å²) >= 11 is 0. The van der Waals surface area contributed by atoms with Crippen molar-refractivity contribution in [1.29, 1.82) is 0 Å². The second kappa shape index (κ2) is 4.28. The molecule has 60 valence electrons. The molecule has 0 aromatic carbocycles. The lowest BCUT2D eigenvalue weighted by Crippen LogP contribution is -2.26. The van der Waals surface area contributed by atoms with Crippen LogP contribution in [0.4, 0.5) is 0 Å². The van der Waals surface area contributed by atoms with Crippen molar-refractivity contribution in [3.05, 3.63) is 0 Å². The highest BCUT2D eigenvalue weighted by Gasteiger charge is 2.02. The Bertz CT molecular complexity index is 110. The van der Waals surface area contributed by atoms with Crippen LogP contribution in [-0.4, -0.2) is 50.4 Å². The fourth-order valence-corrected chi connectivity index (χ4v) is 0.543. The van der Waals surface area contributed by atoms with Crippen LogP contribution in [0.1, 0.15) is 6.42 Å². The number of nitrogens with zero attached hydrogens (tertiary/aromatic N) is 2. The van der Waals surface area contributed by atoms with Gasteiger partial charge in [-0.2, -0.15) is 0 Å². The molecule has 0 rings (SSSR count). The van der Waals surface area contributed by atoms with E-state index in [2.05, 4.69) is 0 Å². The molecule has 0 bridgehead atoms. The number of amides is 1. The van der Waals surface area contributed by atoms with Gasteiger partial charge in [-0.25, -0.2) is 0 Å². The highest BCUT2D eigenvalue weighted by molar-refractivity contribution is 5.75. The van der Waals surface area contributed by atoms with Gasteiger partial charge < -0.3 is 9.80 Å². The van der Waals surface area contributed by atoms with E-state index in [0.29, 0.717) is 6.42 Å². The third-order valence-electron chi connectivity index (χ3n) is 1.27. The highest BCUT2D eigenvalue weighted by Crippen LogP contribution is 1.87. The zero-order valence-corrected chi connectivity index (χ0v) is 7.22. The summed E-state index contributed by atoms with van der Waals surface area (Å²) in [6.45, 7) is 0.830. The molecule has 0 saturated heterocycles. The smallest absolute Gasteiger partial charge is 0.223 e. The SMILES string of the molecule is CN(C)CCC(=O)N(C)C. The Kier molecular flexibility index (Phi) is 4.03. The zero-order chi connectivity index (χ0) is 8.15. The average molecular weight is 144 g/mol. The minimum Gasteiger partial charge on any atom is -0.349 e. The first kappa shape index (κ1) is 9.43. The van der Waals surface area contributed by atoms with E-state index in [4.69, 9.17) is 0 Å². The van der Waals surface area contributed by atoms with Gasteiger partial charge in [-0.05, 0) is 14.1 Å². The minimum atomic E-state index is 0.189. The van der Waals surface area contributed by atoms with E-state index in [1.54, 1.807) is 19.0 Å². The summed E-state index contributed by atoms with van der Waals surface area (Å²) in [4.78, 5) is 14.6. The first-order chi connectivity index (χ1) is 4.54. The van der Waals surface area contributed by atoms with Crippen LogP contribution in [0.15, 0.2) is 0 Å². The van der Waals surface area contributed by atoms with Crippen molar-refractivity contribution in [2.75, 3.05) is 34.7 Å². The van der Waals surface area contributed by atoms with Gasteiger partial charge in [-0.1, -0.05) is 0 Å². The van der Waals surface area contributed by atoms with E-state index >= 15 is 0 Å². The quantitative estimate of drug-likeness (QED) is 0.558. The molecule has 3 nitrogen and oxygen atoms in total. The molecule has 0 spiro atoms. The summed E-state index contributed by atoms with van der Waals surface area (Å²) in [7, 11) is 7.47. The van der Waals surface area contributed by atoms with Gasteiger partial charge in [0, 0.05) is 27.1 Å². The van der Waals surface area contributed by atoms with Gasteiger partial charge >= 0.3 is 0 Å². The Balaban J connectivity index is 3.40. The Morgan fingerprint density at radius 1 is 1.20 bits per heavy atom. The fourth-order valence-electron chi connectivity index (χ4n) is 0.543. The molecule has 0 aromatic rings. The molecular weight excluding hydrogens is 128 g/mol.